The summed E-state index contributed by atoms with van der Waals surface area (Å²) in [7, 11) is 3.27. The predicted octanol–water partition coefficient (Wildman–Crippen LogP) is -0.576. The maximum atomic E-state index is 11.4. The average molecular weight is 232 g/mol. The van der Waals surface area contributed by atoms with Crippen molar-refractivity contribution in [3.8, 4) is 0 Å². The van der Waals surface area contributed by atoms with Crippen molar-refractivity contribution in [1.82, 2.24) is 10.2 Å². The lowest BCUT2D eigenvalue weighted by atomic mass is 10.2. The van der Waals surface area contributed by atoms with Gasteiger partial charge in [0.25, 0.3) is 0 Å². The molecule has 0 aromatic heterocycles. The van der Waals surface area contributed by atoms with Gasteiger partial charge in [0.15, 0.2) is 0 Å². The van der Waals surface area contributed by atoms with Crippen LogP contribution < -0.4 is 5.32 Å². The molecule has 1 heterocycles. The number of carbonyl (C=O) groups is 1. The number of nitrogens with zero attached hydrogens (tertiary/aromatic N) is 1. The molecule has 1 aliphatic rings. The molecule has 0 saturated carbocycles. The third-order valence-electron chi connectivity index (χ3n) is 2.67. The van der Waals surface area contributed by atoms with E-state index in [1.165, 1.54) is 4.90 Å². The van der Waals surface area contributed by atoms with Crippen LogP contribution in [0, 0.1) is 0 Å². The zero-order valence-electron chi connectivity index (χ0n) is 9.81. The Balaban J connectivity index is 2.17. The van der Waals surface area contributed by atoms with Crippen molar-refractivity contribution in [2.24, 2.45) is 0 Å². The van der Waals surface area contributed by atoms with E-state index in [0.29, 0.717) is 6.61 Å². The number of amides is 1. The van der Waals surface area contributed by atoms with E-state index in [1.54, 1.807) is 14.2 Å². The van der Waals surface area contributed by atoms with Crippen LogP contribution in [0.5, 0.6) is 0 Å². The standard InChI is InChI=1S/C10H20N2O4/c1-12(3-4-13)10(14)16-7-8-5-9(15-2)6-11-8/h8-9,11,13H,3-7H2,1-2H3. The fourth-order valence-electron chi connectivity index (χ4n) is 1.61. The second-order valence-electron chi connectivity index (χ2n) is 3.92. The Morgan fingerprint density at radius 3 is 2.94 bits per heavy atom. The second kappa shape index (κ2) is 6.67. The van der Waals surface area contributed by atoms with E-state index in [-0.39, 0.29) is 25.3 Å². The van der Waals surface area contributed by atoms with E-state index < -0.39 is 6.09 Å². The fraction of sp³-hybridized carbons (Fsp3) is 0.900. The van der Waals surface area contributed by atoms with Gasteiger partial charge in [-0.15, -0.1) is 0 Å². The molecule has 0 aromatic carbocycles. The van der Waals surface area contributed by atoms with Gasteiger partial charge in [-0.25, -0.2) is 4.79 Å². The van der Waals surface area contributed by atoms with E-state index in [0.717, 1.165) is 13.0 Å². The van der Waals surface area contributed by atoms with Crippen molar-refractivity contribution in [3.63, 3.8) is 0 Å². The summed E-state index contributed by atoms with van der Waals surface area (Å²) in [5, 5.41) is 11.9. The minimum atomic E-state index is -0.406. The summed E-state index contributed by atoms with van der Waals surface area (Å²) >= 11 is 0. The molecule has 2 unspecified atom stereocenters. The van der Waals surface area contributed by atoms with Gasteiger partial charge in [-0.1, -0.05) is 0 Å². The van der Waals surface area contributed by atoms with Crippen LogP contribution in [0.15, 0.2) is 0 Å². The summed E-state index contributed by atoms with van der Waals surface area (Å²) < 4.78 is 10.3. The van der Waals surface area contributed by atoms with Crippen molar-refractivity contribution in [1.29, 1.82) is 0 Å². The van der Waals surface area contributed by atoms with Gasteiger partial charge in [0.1, 0.15) is 6.61 Å². The van der Waals surface area contributed by atoms with Crippen LogP contribution in [0.2, 0.25) is 0 Å². The molecular formula is C10H20N2O4. The molecule has 0 radical (unpaired) electrons. The molecule has 1 aliphatic heterocycles. The lowest BCUT2D eigenvalue weighted by Gasteiger charge is -2.17. The van der Waals surface area contributed by atoms with Crippen molar-refractivity contribution < 1.29 is 19.4 Å². The van der Waals surface area contributed by atoms with Crippen LogP contribution in [0.4, 0.5) is 4.79 Å². The van der Waals surface area contributed by atoms with E-state index in [9.17, 15) is 4.79 Å². The van der Waals surface area contributed by atoms with Gasteiger partial charge < -0.3 is 24.8 Å². The molecule has 6 nitrogen and oxygen atoms in total. The molecule has 2 N–H and O–H groups in total. The molecule has 0 aromatic rings. The quantitative estimate of drug-likeness (QED) is 0.664. The van der Waals surface area contributed by atoms with Crippen LogP contribution in [-0.2, 0) is 9.47 Å². The van der Waals surface area contributed by atoms with Crippen LogP contribution in [0.3, 0.4) is 0 Å². The van der Waals surface area contributed by atoms with Crippen LogP contribution in [-0.4, -0.2) is 68.7 Å². The number of nitrogens with one attached hydrogen (secondary N) is 1. The van der Waals surface area contributed by atoms with E-state index >= 15 is 0 Å². The Hall–Kier alpha value is -0.850. The van der Waals surface area contributed by atoms with Crippen molar-refractivity contribution in [2.75, 3.05) is 40.5 Å². The number of methoxy groups -OCH3 is 1. The molecule has 2 atom stereocenters. The van der Waals surface area contributed by atoms with Gasteiger partial charge in [-0.3, -0.25) is 0 Å². The van der Waals surface area contributed by atoms with E-state index in [1.807, 2.05) is 0 Å². The molecular weight excluding hydrogens is 212 g/mol. The smallest absolute Gasteiger partial charge is 0.409 e. The Morgan fingerprint density at radius 1 is 1.62 bits per heavy atom. The first kappa shape index (κ1) is 13.2. The normalized spacial score (nSPS) is 24.4. The van der Waals surface area contributed by atoms with Crippen LogP contribution in [0.25, 0.3) is 0 Å². The highest BCUT2D eigenvalue weighted by molar-refractivity contribution is 5.67. The minimum absolute atomic E-state index is 0.0565. The average Bonchev–Trinajstić information content (AvgIpc) is 2.74. The molecule has 0 spiro atoms. The van der Waals surface area contributed by atoms with Crippen molar-refractivity contribution in [2.45, 2.75) is 18.6 Å². The summed E-state index contributed by atoms with van der Waals surface area (Å²) in [4.78, 5) is 12.7. The molecule has 1 amide bonds. The number of hydrogen-bond donors (Lipinski definition) is 2. The number of ether oxygens (including phenoxy) is 2. The zero-order chi connectivity index (χ0) is 12.0. The first-order chi connectivity index (χ1) is 7.67. The monoisotopic (exact) mass is 232 g/mol. The summed E-state index contributed by atoms with van der Waals surface area (Å²) in [5.74, 6) is 0. The molecule has 1 rings (SSSR count). The highest BCUT2D eigenvalue weighted by Gasteiger charge is 2.25. The summed E-state index contributed by atoms with van der Waals surface area (Å²) in [6.07, 6.45) is 0.656. The Labute approximate surface area is 95.5 Å². The number of aliphatic hydroxyl groups is 1. The van der Waals surface area contributed by atoms with Crippen LogP contribution in [0.1, 0.15) is 6.42 Å². The highest BCUT2D eigenvalue weighted by Crippen LogP contribution is 2.09. The second-order valence-corrected chi connectivity index (χ2v) is 3.92. The Bertz CT molecular complexity index is 225. The molecule has 0 bridgehead atoms. The summed E-state index contributed by atoms with van der Waals surface area (Å²) in [5.41, 5.74) is 0. The lowest BCUT2D eigenvalue weighted by molar-refractivity contribution is 0.0898. The first-order valence-corrected chi connectivity index (χ1v) is 5.42. The largest absolute Gasteiger partial charge is 0.448 e. The molecule has 6 heteroatoms. The number of carbonyl (C=O) groups excluding carboxylic acids is 1. The van der Waals surface area contributed by atoms with Gasteiger partial charge >= 0.3 is 6.09 Å². The van der Waals surface area contributed by atoms with Gasteiger partial charge in [0, 0.05) is 33.3 Å². The molecule has 0 aliphatic carbocycles. The summed E-state index contributed by atoms with van der Waals surface area (Å²) in [6, 6.07) is 0.163. The van der Waals surface area contributed by atoms with Gasteiger partial charge in [-0.05, 0) is 6.42 Å². The summed E-state index contributed by atoms with van der Waals surface area (Å²) in [6.45, 7) is 1.37. The third kappa shape index (κ3) is 3.96. The first-order valence-electron chi connectivity index (χ1n) is 5.42. The highest BCUT2D eigenvalue weighted by atomic mass is 16.6. The number of rotatable bonds is 5. The molecule has 1 fully saturated rings. The molecule has 1 saturated heterocycles. The predicted molar refractivity (Wildman–Crippen MR) is 58.3 cm³/mol. The molecule has 16 heavy (non-hydrogen) atoms. The van der Waals surface area contributed by atoms with E-state index in [2.05, 4.69) is 5.32 Å². The van der Waals surface area contributed by atoms with Gasteiger partial charge in [-0.2, -0.15) is 0 Å². The Morgan fingerprint density at radius 2 is 2.38 bits per heavy atom. The van der Waals surface area contributed by atoms with Crippen LogP contribution >= 0.6 is 0 Å². The maximum absolute atomic E-state index is 11.4. The third-order valence-corrected chi connectivity index (χ3v) is 2.67. The number of likely N-dealkylation sites (N-methyl/N-ethyl adjacent to an activating group) is 1. The van der Waals surface area contributed by atoms with Crippen molar-refractivity contribution in [3.05, 3.63) is 0 Å². The number of hydrogen-bond acceptors (Lipinski definition) is 5. The zero-order valence-corrected chi connectivity index (χ0v) is 9.81. The van der Waals surface area contributed by atoms with Gasteiger partial charge in [0.05, 0.1) is 12.7 Å². The van der Waals surface area contributed by atoms with E-state index in [4.69, 9.17) is 14.6 Å². The maximum Gasteiger partial charge on any atom is 0.409 e. The minimum Gasteiger partial charge on any atom is -0.448 e. The van der Waals surface area contributed by atoms with Crippen molar-refractivity contribution >= 4 is 6.09 Å². The molecule has 94 valence electrons. The Kier molecular flexibility index (Phi) is 5.51. The SMILES string of the molecule is COC1CNC(COC(=O)N(C)CCO)C1. The topological polar surface area (TPSA) is 71.0 Å². The van der Waals surface area contributed by atoms with Gasteiger partial charge in [0.2, 0.25) is 0 Å². The lowest BCUT2D eigenvalue weighted by Crippen LogP contribution is -2.34. The number of aliphatic hydroxyl groups excluding tert-OH is 1. The fourth-order valence-corrected chi connectivity index (χ4v) is 1.61.